The average molecular weight is 284 g/mol. The maximum absolute atomic E-state index is 4.58. The lowest BCUT2D eigenvalue weighted by atomic mass is 10.1. The maximum atomic E-state index is 4.58. The molecule has 0 saturated carbocycles. The Labute approximate surface area is 125 Å². The standard InChI is InChI=1S/C17H16N2.ClH/c1-12-8-9-16-15(10-12)17(11-13(2)18-16)19-14-6-4-3-5-7-14;/h3-11H,1-2H3,(H,18,19);1H/p-1. The Hall–Kier alpha value is -2.06. The van der Waals surface area contributed by atoms with E-state index in [1.165, 1.54) is 5.56 Å². The van der Waals surface area contributed by atoms with E-state index in [4.69, 9.17) is 0 Å². The minimum atomic E-state index is 0. The molecule has 0 spiro atoms. The number of hydrogen-bond donors (Lipinski definition) is 1. The van der Waals surface area contributed by atoms with E-state index in [2.05, 4.69) is 53.6 Å². The monoisotopic (exact) mass is 283 g/mol. The normalized spacial score (nSPS) is 10.1. The van der Waals surface area contributed by atoms with Crippen molar-refractivity contribution in [3.05, 3.63) is 65.9 Å². The Morgan fingerprint density at radius 3 is 2.40 bits per heavy atom. The summed E-state index contributed by atoms with van der Waals surface area (Å²) in [5.41, 5.74) is 5.50. The summed E-state index contributed by atoms with van der Waals surface area (Å²) in [4.78, 5) is 4.58. The van der Waals surface area contributed by atoms with E-state index >= 15 is 0 Å². The molecular weight excluding hydrogens is 268 g/mol. The molecule has 102 valence electrons. The van der Waals surface area contributed by atoms with Gasteiger partial charge in [-0.15, -0.1) is 0 Å². The summed E-state index contributed by atoms with van der Waals surface area (Å²) in [5.74, 6) is 0. The Morgan fingerprint density at radius 1 is 0.900 bits per heavy atom. The molecule has 0 amide bonds. The highest BCUT2D eigenvalue weighted by Crippen LogP contribution is 2.27. The third-order valence-electron chi connectivity index (χ3n) is 3.15. The first-order valence-electron chi connectivity index (χ1n) is 6.42. The lowest BCUT2D eigenvalue weighted by Gasteiger charge is -2.11. The zero-order chi connectivity index (χ0) is 13.2. The first-order valence-corrected chi connectivity index (χ1v) is 6.42. The lowest BCUT2D eigenvalue weighted by molar-refractivity contribution is -0.00000397. The van der Waals surface area contributed by atoms with Gasteiger partial charge >= 0.3 is 0 Å². The molecule has 2 nitrogen and oxygen atoms in total. The molecular formula is C17H16ClN2-. The van der Waals surface area contributed by atoms with Gasteiger partial charge in [-0.3, -0.25) is 4.98 Å². The molecule has 2 aromatic carbocycles. The fourth-order valence-corrected chi connectivity index (χ4v) is 2.25. The summed E-state index contributed by atoms with van der Waals surface area (Å²) in [6.07, 6.45) is 0. The number of benzene rings is 2. The van der Waals surface area contributed by atoms with Crippen molar-refractivity contribution in [3.8, 4) is 0 Å². The van der Waals surface area contributed by atoms with Crippen molar-refractivity contribution in [3.63, 3.8) is 0 Å². The van der Waals surface area contributed by atoms with Crippen molar-refractivity contribution in [2.45, 2.75) is 13.8 Å². The van der Waals surface area contributed by atoms with Gasteiger partial charge < -0.3 is 17.7 Å². The number of nitrogens with one attached hydrogen (secondary N) is 1. The number of para-hydroxylation sites is 1. The second kappa shape index (κ2) is 5.93. The Bertz CT molecular complexity index is 724. The molecule has 3 aromatic rings. The fraction of sp³-hybridized carbons (Fsp3) is 0.118. The van der Waals surface area contributed by atoms with E-state index < -0.39 is 0 Å². The molecule has 0 bridgehead atoms. The number of anilines is 2. The zero-order valence-electron chi connectivity index (χ0n) is 11.5. The average Bonchev–Trinajstić information content (AvgIpc) is 2.41. The minimum Gasteiger partial charge on any atom is -1.00 e. The molecule has 3 rings (SSSR count). The number of halogens is 1. The van der Waals surface area contributed by atoms with Gasteiger partial charge in [-0.25, -0.2) is 0 Å². The van der Waals surface area contributed by atoms with Crippen LogP contribution in [0.5, 0.6) is 0 Å². The van der Waals surface area contributed by atoms with Gasteiger partial charge in [0.2, 0.25) is 0 Å². The fourth-order valence-electron chi connectivity index (χ4n) is 2.25. The quantitative estimate of drug-likeness (QED) is 0.773. The number of aromatic nitrogens is 1. The second-order valence-electron chi connectivity index (χ2n) is 4.82. The summed E-state index contributed by atoms with van der Waals surface area (Å²) < 4.78 is 0. The number of fused-ring (bicyclic) bond motifs is 1. The van der Waals surface area contributed by atoms with E-state index in [1.54, 1.807) is 0 Å². The summed E-state index contributed by atoms with van der Waals surface area (Å²) in [6.45, 7) is 4.13. The molecule has 3 heteroatoms. The third kappa shape index (κ3) is 2.91. The molecule has 0 unspecified atom stereocenters. The first kappa shape index (κ1) is 14.4. The largest absolute Gasteiger partial charge is 1.00 e. The maximum Gasteiger partial charge on any atom is 0.0726 e. The lowest BCUT2D eigenvalue weighted by Crippen LogP contribution is -3.00. The van der Waals surface area contributed by atoms with Gasteiger partial charge in [-0.05, 0) is 44.2 Å². The van der Waals surface area contributed by atoms with Gasteiger partial charge in [-0.2, -0.15) is 0 Å². The van der Waals surface area contributed by atoms with Crippen LogP contribution < -0.4 is 17.7 Å². The molecule has 1 heterocycles. The molecule has 1 N–H and O–H groups in total. The van der Waals surface area contributed by atoms with Crippen molar-refractivity contribution in [2.75, 3.05) is 5.32 Å². The van der Waals surface area contributed by atoms with Gasteiger partial charge in [0.25, 0.3) is 0 Å². The van der Waals surface area contributed by atoms with Crippen LogP contribution in [0.15, 0.2) is 54.6 Å². The van der Waals surface area contributed by atoms with Crippen molar-refractivity contribution < 1.29 is 12.4 Å². The van der Waals surface area contributed by atoms with Crippen LogP contribution in [0.4, 0.5) is 11.4 Å². The van der Waals surface area contributed by atoms with Crippen molar-refractivity contribution in [2.24, 2.45) is 0 Å². The highest BCUT2D eigenvalue weighted by molar-refractivity contribution is 5.93. The minimum absolute atomic E-state index is 0. The van der Waals surface area contributed by atoms with Gasteiger partial charge in [0.15, 0.2) is 0 Å². The van der Waals surface area contributed by atoms with Crippen LogP contribution in [-0.4, -0.2) is 4.98 Å². The Balaban J connectivity index is 0.00000147. The van der Waals surface area contributed by atoms with Crippen molar-refractivity contribution in [1.29, 1.82) is 0 Å². The molecule has 20 heavy (non-hydrogen) atoms. The van der Waals surface area contributed by atoms with E-state index in [9.17, 15) is 0 Å². The third-order valence-corrected chi connectivity index (χ3v) is 3.15. The molecule has 0 fully saturated rings. The van der Waals surface area contributed by atoms with Crippen LogP contribution in [0.2, 0.25) is 0 Å². The highest BCUT2D eigenvalue weighted by Gasteiger charge is 2.04. The van der Waals surface area contributed by atoms with Crippen LogP contribution in [0.3, 0.4) is 0 Å². The molecule has 0 aliphatic heterocycles. The second-order valence-corrected chi connectivity index (χ2v) is 4.82. The van der Waals surface area contributed by atoms with E-state index in [1.807, 2.05) is 25.1 Å². The van der Waals surface area contributed by atoms with E-state index in [0.29, 0.717) is 0 Å². The summed E-state index contributed by atoms with van der Waals surface area (Å²) >= 11 is 0. The number of hydrogen-bond acceptors (Lipinski definition) is 2. The summed E-state index contributed by atoms with van der Waals surface area (Å²) in [6, 6.07) is 18.7. The predicted molar refractivity (Wildman–Crippen MR) is 80.9 cm³/mol. The molecule has 0 aliphatic rings. The van der Waals surface area contributed by atoms with Gasteiger partial charge in [0, 0.05) is 22.5 Å². The number of rotatable bonds is 2. The smallest absolute Gasteiger partial charge is 0.0726 e. The topological polar surface area (TPSA) is 24.9 Å². The van der Waals surface area contributed by atoms with E-state index in [-0.39, 0.29) is 12.4 Å². The van der Waals surface area contributed by atoms with Gasteiger partial charge in [-0.1, -0.05) is 29.8 Å². The molecule has 0 aliphatic carbocycles. The number of aryl methyl sites for hydroxylation is 2. The number of nitrogens with zero attached hydrogens (tertiary/aromatic N) is 1. The van der Waals surface area contributed by atoms with Crippen LogP contribution in [0, 0.1) is 13.8 Å². The van der Waals surface area contributed by atoms with E-state index in [0.717, 1.165) is 28.0 Å². The zero-order valence-corrected chi connectivity index (χ0v) is 12.3. The van der Waals surface area contributed by atoms with Gasteiger partial charge in [0.1, 0.15) is 0 Å². The predicted octanol–water partition coefficient (Wildman–Crippen LogP) is 1.60. The SMILES string of the molecule is Cc1ccc2nc(C)cc(Nc3ccccc3)c2c1.[Cl-]. The molecule has 0 saturated heterocycles. The van der Waals surface area contributed by atoms with Crippen LogP contribution in [0.25, 0.3) is 10.9 Å². The van der Waals surface area contributed by atoms with Crippen molar-refractivity contribution >= 4 is 22.3 Å². The van der Waals surface area contributed by atoms with Crippen LogP contribution in [0.1, 0.15) is 11.3 Å². The van der Waals surface area contributed by atoms with Crippen molar-refractivity contribution in [1.82, 2.24) is 4.98 Å². The Kier molecular flexibility index (Phi) is 4.26. The Morgan fingerprint density at radius 2 is 1.65 bits per heavy atom. The van der Waals surface area contributed by atoms with Crippen LogP contribution in [-0.2, 0) is 0 Å². The summed E-state index contributed by atoms with van der Waals surface area (Å²) in [7, 11) is 0. The summed E-state index contributed by atoms with van der Waals surface area (Å²) in [5, 5.41) is 4.64. The molecule has 1 aromatic heterocycles. The molecule has 0 atom stereocenters. The van der Waals surface area contributed by atoms with Crippen LogP contribution >= 0.6 is 0 Å². The first-order chi connectivity index (χ1) is 9.22. The van der Waals surface area contributed by atoms with Gasteiger partial charge in [0.05, 0.1) is 5.52 Å². The highest BCUT2D eigenvalue weighted by atomic mass is 35.5. The number of pyridine rings is 1. The molecule has 0 radical (unpaired) electrons.